The van der Waals surface area contributed by atoms with Crippen molar-refractivity contribution in [1.29, 1.82) is 0 Å². The summed E-state index contributed by atoms with van der Waals surface area (Å²) in [6, 6.07) is 15.9. The number of ether oxygens (including phenoxy) is 3. The zero-order valence-corrected chi connectivity index (χ0v) is 22.3. The Balaban J connectivity index is 1.37. The lowest BCUT2D eigenvalue weighted by Crippen LogP contribution is -2.58. The van der Waals surface area contributed by atoms with Crippen LogP contribution in [0.1, 0.15) is 34.3 Å². The summed E-state index contributed by atoms with van der Waals surface area (Å²) in [6.45, 7) is 0.899. The lowest BCUT2D eigenvalue weighted by molar-refractivity contribution is -0.125. The molecule has 5 aliphatic rings. The predicted octanol–water partition coefficient (Wildman–Crippen LogP) is 2.51. The standard InChI is InChI=1S/C30H32N4O6/c1-38-27-15-20-6-10-26(27)39-19-29(36)33-24-18-34(30(37)22-3-2-13-31-17-22)14-12-25(24)40-23-8-4-21(5-9-23)16-32-28(35)11-7-20/h2-6,8-10,13,15,17,24-25H,7,11-12,14,16,18-19H2,1H3,(H,32,35)(H,33,36)/t24-,25-/m1/s1. The number of methoxy groups -OCH3 is 1. The maximum atomic E-state index is 13.1. The molecular weight excluding hydrogens is 512 g/mol. The number of rotatable bonds is 2. The van der Waals surface area contributed by atoms with Gasteiger partial charge < -0.3 is 29.7 Å². The van der Waals surface area contributed by atoms with Crippen LogP contribution in [0.25, 0.3) is 0 Å². The number of hydrogen-bond donors (Lipinski definition) is 2. The maximum Gasteiger partial charge on any atom is 0.258 e. The summed E-state index contributed by atoms with van der Waals surface area (Å²) in [5.41, 5.74) is 2.35. The number of nitrogens with one attached hydrogen (secondary N) is 2. The molecule has 2 N–H and O–H groups in total. The topological polar surface area (TPSA) is 119 Å². The van der Waals surface area contributed by atoms with Gasteiger partial charge in [0.05, 0.1) is 18.7 Å². The van der Waals surface area contributed by atoms with Crippen molar-refractivity contribution in [2.24, 2.45) is 0 Å². The number of carbonyl (C=O) groups excluding carboxylic acids is 3. The first-order valence-corrected chi connectivity index (χ1v) is 13.3. The number of benzene rings is 2. The highest BCUT2D eigenvalue weighted by molar-refractivity contribution is 5.94. The third-order valence-corrected chi connectivity index (χ3v) is 7.02. The Morgan fingerprint density at radius 2 is 1.88 bits per heavy atom. The Morgan fingerprint density at radius 1 is 1.05 bits per heavy atom. The zero-order valence-electron chi connectivity index (χ0n) is 22.3. The van der Waals surface area contributed by atoms with Gasteiger partial charge in [0.1, 0.15) is 11.9 Å². The second-order valence-corrected chi connectivity index (χ2v) is 9.81. The Labute approximate surface area is 232 Å². The minimum absolute atomic E-state index is 0.0545. The van der Waals surface area contributed by atoms with Gasteiger partial charge in [-0.2, -0.15) is 0 Å². The van der Waals surface area contributed by atoms with Crippen LogP contribution in [0.2, 0.25) is 0 Å². The molecule has 1 aromatic heterocycles. The molecule has 3 aromatic rings. The van der Waals surface area contributed by atoms with Crippen molar-refractivity contribution in [3.63, 3.8) is 0 Å². The summed E-state index contributed by atoms with van der Waals surface area (Å²) in [4.78, 5) is 44.3. The van der Waals surface area contributed by atoms with Crippen LogP contribution in [0.4, 0.5) is 0 Å². The van der Waals surface area contributed by atoms with Gasteiger partial charge >= 0.3 is 0 Å². The summed E-state index contributed by atoms with van der Waals surface area (Å²) in [7, 11) is 1.53. The van der Waals surface area contributed by atoms with Crippen LogP contribution < -0.4 is 24.8 Å². The first-order valence-electron chi connectivity index (χ1n) is 13.3. The molecule has 5 aliphatic heterocycles. The van der Waals surface area contributed by atoms with Crippen molar-refractivity contribution < 1.29 is 28.6 Å². The number of aryl methyl sites for hydroxylation is 1. The SMILES string of the molecule is COc1cc2ccc1OCC(=O)N[C@@H]1CN(C(=O)c3cccnc3)CC[C@H]1Oc1ccc(cc1)CNC(=O)CC2. The van der Waals surface area contributed by atoms with E-state index in [1.165, 1.54) is 13.3 Å². The third-order valence-electron chi connectivity index (χ3n) is 7.02. The minimum atomic E-state index is -0.473. The smallest absolute Gasteiger partial charge is 0.258 e. The highest BCUT2D eigenvalue weighted by atomic mass is 16.5. The van der Waals surface area contributed by atoms with Crippen LogP contribution in [0.15, 0.2) is 67.0 Å². The first kappa shape index (κ1) is 27.0. The van der Waals surface area contributed by atoms with E-state index in [9.17, 15) is 14.4 Å². The molecule has 208 valence electrons. The van der Waals surface area contributed by atoms with Gasteiger partial charge in [0.15, 0.2) is 18.1 Å². The van der Waals surface area contributed by atoms with E-state index in [-0.39, 0.29) is 37.0 Å². The predicted molar refractivity (Wildman–Crippen MR) is 146 cm³/mol. The molecule has 1 saturated heterocycles. The molecule has 0 spiro atoms. The maximum absolute atomic E-state index is 13.1. The van der Waals surface area contributed by atoms with Crippen molar-refractivity contribution in [1.82, 2.24) is 20.5 Å². The number of hydrogen-bond acceptors (Lipinski definition) is 7. The van der Waals surface area contributed by atoms with Gasteiger partial charge in [-0.3, -0.25) is 19.4 Å². The molecule has 0 saturated carbocycles. The number of pyridine rings is 1. The fraction of sp³-hybridized carbons (Fsp3) is 0.333. The Kier molecular flexibility index (Phi) is 8.44. The van der Waals surface area contributed by atoms with Crippen molar-refractivity contribution in [3.05, 3.63) is 83.7 Å². The number of aromatic nitrogens is 1. The van der Waals surface area contributed by atoms with E-state index in [0.29, 0.717) is 55.2 Å². The molecule has 8 rings (SSSR count). The molecule has 0 unspecified atom stereocenters. The van der Waals surface area contributed by atoms with Crippen LogP contribution in [-0.2, 0) is 22.6 Å². The number of likely N-dealkylation sites (tertiary alicyclic amines) is 1. The van der Waals surface area contributed by atoms with Crippen molar-refractivity contribution in [2.75, 3.05) is 26.8 Å². The van der Waals surface area contributed by atoms with E-state index in [1.54, 1.807) is 29.3 Å². The largest absolute Gasteiger partial charge is 0.493 e. The van der Waals surface area contributed by atoms with Gasteiger partial charge in [0.2, 0.25) is 5.91 Å². The van der Waals surface area contributed by atoms with Crippen LogP contribution in [0.5, 0.6) is 17.2 Å². The minimum Gasteiger partial charge on any atom is -0.493 e. The van der Waals surface area contributed by atoms with Gasteiger partial charge in [-0.1, -0.05) is 18.2 Å². The normalized spacial score (nSPS) is 19.9. The van der Waals surface area contributed by atoms with Crippen molar-refractivity contribution >= 4 is 17.7 Å². The Hall–Kier alpha value is -4.60. The van der Waals surface area contributed by atoms with E-state index in [0.717, 1.165) is 11.1 Å². The Bertz CT molecular complexity index is 1350. The van der Waals surface area contributed by atoms with Gasteiger partial charge in [-0.05, 0) is 53.9 Å². The average molecular weight is 545 g/mol. The summed E-state index contributed by atoms with van der Waals surface area (Å²) in [5, 5.41) is 5.97. The van der Waals surface area contributed by atoms with E-state index in [2.05, 4.69) is 15.6 Å². The van der Waals surface area contributed by atoms with Gasteiger partial charge in [0, 0.05) is 44.9 Å². The second-order valence-electron chi connectivity index (χ2n) is 9.81. The van der Waals surface area contributed by atoms with E-state index >= 15 is 0 Å². The molecule has 0 radical (unpaired) electrons. The number of piperidine rings is 1. The van der Waals surface area contributed by atoms with E-state index in [4.69, 9.17) is 14.2 Å². The van der Waals surface area contributed by atoms with Gasteiger partial charge in [0.25, 0.3) is 11.8 Å². The van der Waals surface area contributed by atoms with Crippen LogP contribution >= 0.6 is 0 Å². The molecule has 2 aromatic carbocycles. The molecule has 40 heavy (non-hydrogen) atoms. The average Bonchev–Trinajstić information content (AvgIpc) is 2.99. The lowest BCUT2D eigenvalue weighted by Gasteiger charge is -2.38. The van der Waals surface area contributed by atoms with Crippen molar-refractivity contribution in [3.8, 4) is 17.2 Å². The summed E-state index contributed by atoms with van der Waals surface area (Å²) in [6.07, 6.45) is 4.17. The molecule has 1 fully saturated rings. The molecule has 2 atom stereocenters. The summed E-state index contributed by atoms with van der Waals surface area (Å²) < 4.78 is 17.6. The quantitative estimate of drug-likeness (QED) is 0.509. The Morgan fingerprint density at radius 3 is 2.65 bits per heavy atom. The highest BCUT2D eigenvalue weighted by Gasteiger charge is 2.34. The van der Waals surface area contributed by atoms with Gasteiger partial charge in [-0.15, -0.1) is 0 Å². The summed E-state index contributed by atoms with van der Waals surface area (Å²) >= 11 is 0. The van der Waals surface area contributed by atoms with Crippen LogP contribution in [-0.4, -0.2) is 66.6 Å². The molecule has 10 nitrogen and oxygen atoms in total. The first-order chi connectivity index (χ1) is 19.5. The highest BCUT2D eigenvalue weighted by Crippen LogP contribution is 2.29. The molecule has 4 bridgehead atoms. The fourth-order valence-corrected chi connectivity index (χ4v) is 4.85. The van der Waals surface area contributed by atoms with Crippen molar-refractivity contribution in [2.45, 2.75) is 38.0 Å². The zero-order chi connectivity index (χ0) is 27.9. The lowest BCUT2D eigenvalue weighted by atomic mass is 10.0. The monoisotopic (exact) mass is 544 g/mol. The van der Waals surface area contributed by atoms with E-state index in [1.807, 2.05) is 36.4 Å². The third kappa shape index (κ3) is 6.69. The fourth-order valence-electron chi connectivity index (χ4n) is 4.85. The van der Waals surface area contributed by atoms with Crippen LogP contribution in [0.3, 0.4) is 0 Å². The molecule has 0 aliphatic carbocycles. The summed E-state index contributed by atoms with van der Waals surface area (Å²) in [5.74, 6) is 0.986. The molecule has 6 heterocycles. The molecular formula is C30H32N4O6. The van der Waals surface area contributed by atoms with E-state index < -0.39 is 6.04 Å². The number of carbonyl (C=O) groups is 3. The number of amides is 3. The number of nitrogens with zero attached hydrogens (tertiary/aromatic N) is 2. The van der Waals surface area contributed by atoms with Gasteiger partial charge in [-0.25, -0.2) is 0 Å². The molecule has 3 amide bonds. The second kappa shape index (κ2) is 12.5. The molecule has 10 heteroatoms. The van der Waals surface area contributed by atoms with Crippen LogP contribution in [0, 0.1) is 0 Å².